The summed E-state index contributed by atoms with van der Waals surface area (Å²) in [5.74, 6) is -0.882. The SMILES string of the molecule is CC(C)N(C)[C@@H]1CC[C@H](N2CC[C@H](Nc3ncnc4ccc(C(F)(F)F)cc34)C2=O)[C@H](NC(=O)CCOCCOCCO[C@H]2CC[C@H](OCCNC(=O)[C@H]3CC(=O)N(C)[C@@H]3c3cccnc3)CC2)C1. The lowest BCUT2D eigenvalue weighted by Gasteiger charge is -2.44. The molecule has 378 valence electrons. The summed E-state index contributed by atoms with van der Waals surface area (Å²) in [4.78, 5) is 71.0. The zero-order valence-electron chi connectivity index (χ0n) is 40.1. The van der Waals surface area contributed by atoms with E-state index in [1.165, 1.54) is 12.4 Å². The molecule has 2 saturated heterocycles. The van der Waals surface area contributed by atoms with E-state index in [0.717, 1.165) is 49.8 Å². The van der Waals surface area contributed by atoms with Crippen molar-refractivity contribution in [1.29, 1.82) is 0 Å². The number of likely N-dealkylation sites (tertiary alicyclic amines) is 2. The molecule has 4 fully saturated rings. The molecule has 0 bridgehead atoms. The van der Waals surface area contributed by atoms with Crippen LogP contribution in [-0.4, -0.2) is 163 Å². The molecule has 2 aromatic heterocycles. The van der Waals surface area contributed by atoms with Crippen molar-refractivity contribution < 1.29 is 51.3 Å². The molecule has 0 spiro atoms. The Kier molecular flexibility index (Phi) is 18.2. The summed E-state index contributed by atoms with van der Waals surface area (Å²) in [7, 11) is 3.80. The van der Waals surface area contributed by atoms with Crippen LogP contribution in [0.3, 0.4) is 0 Å². The maximum Gasteiger partial charge on any atom is 0.416 e. The molecule has 69 heavy (non-hydrogen) atoms. The van der Waals surface area contributed by atoms with Crippen molar-refractivity contribution in [3.05, 3.63) is 60.2 Å². The second kappa shape index (κ2) is 24.2. The molecular weight excluding hydrogens is 900 g/mol. The fourth-order valence-electron chi connectivity index (χ4n) is 10.2. The Balaban J connectivity index is 0.760. The Morgan fingerprint density at radius 3 is 2.35 bits per heavy atom. The van der Waals surface area contributed by atoms with Gasteiger partial charge in [-0.15, -0.1) is 0 Å². The van der Waals surface area contributed by atoms with E-state index >= 15 is 0 Å². The van der Waals surface area contributed by atoms with Crippen LogP contribution < -0.4 is 16.0 Å². The van der Waals surface area contributed by atoms with E-state index in [2.05, 4.69) is 56.7 Å². The van der Waals surface area contributed by atoms with E-state index < -0.39 is 23.7 Å². The summed E-state index contributed by atoms with van der Waals surface area (Å²) in [5.41, 5.74) is 0.354. The normalized spacial score (nSPS) is 25.5. The average Bonchev–Trinajstić information content (AvgIpc) is 3.85. The van der Waals surface area contributed by atoms with Gasteiger partial charge < -0.3 is 49.6 Å². The predicted octanol–water partition coefficient (Wildman–Crippen LogP) is 4.91. The number of nitrogens with one attached hydrogen (secondary N) is 3. The first kappa shape index (κ1) is 51.8. The number of amides is 4. The number of pyridine rings is 1. The van der Waals surface area contributed by atoms with Gasteiger partial charge >= 0.3 is 6.18 Å². The molecule has 0 radical (unpaired) electrons. The third-order valence-electron chi connectivity index (χ3n) is 14.2. The van der Waals surface area contributed by atoms with E-state index in [1.807, 2.05) is 17.0 Å². The minimum atomic E-state index is -4.54. The molecule has 4 heterocycles. The summed E-state index contributed by atoms with van der Waals surface area (Å²) in [6, 6.07) is 5.90. The number of nitrogens with zero attached hydrogens (tertiary/aromatic N) is 6. The van der Waals surface area contributed by atoms with Gasteiger partial charge in [-0.05, 0) is 102 Å². The predicted molar refractivity (Wildman–Crippen MR) is 250 cm³/mol. The number of aromatic nitrogens is 3. The summed E-state index contributed by atoms with van der Waals surface area (Å²) >= 11 is 0. The van der Waals surface area contributed by atoms with Crippen molar-refractivity contribution in [3.8, 4) is 0 Å². The molecule has 0 unspecified atom stereocenters. The van der Waals surface area contributed by atoms with Crippen LogP contribution >= 0.6 is 0 Å². The van der Waals surface area contributed by atoms with Crippen LogP contribution in [0.2, 0.25) is 0 Å². The van der Waals surface area contributed by atoms with Gasteiger partial charge in [0.2, 0.25) is 23.6 Å². The number of carbonyl (C=O) groups is 4. The van der Waals surface area contributed by atoms with Crippen molar-refractivity contribution in [2.45, 2.75) is 133 Å². The number of benzene rings is 1. The van der Waals surface area contributed by atoms with Crippen LogP contribution in [0.1, 0.15) is 95.2 Å². The highest BCUT2D eigenvalue weighted by Gasteiger charge is 2.44. The fraction of sp³-hybridized carbons (Fsp3) is 0.653. The molecule has 17 nitrogen and oxygen atoms in total. The molecular formula is C49H68F3N9O8. The Morgan fingerprint density at radius 2 is 1.64 bits per heavy atom. The van der Waals surface area contributed by atoms with Crippen LogP contribution in [0.25, 0.3) is 10.9 Å². The Morgan fingerprint density at radius 1 is 0.913 bits per heavy atom. The zero-order valence-corrected chi connectivity index (χ0v) is 40.1. The Labute approximate surface area is 401 Å². The van der Waals surface area contributed by atoms with Gasteiger partial charge in [0.05, 0.1) is 87.0 Å². The number of fused-ring (bicyclic) bond motifs is 1. The number of anilines is 1. The first-order valence-corrected chi connectivity index (χ1v) is 24.4. The van der Waals surface area contributed by atoms with Crippen LogP contribution in [0.15, 0.2) is 49.1 Å². The molecule has 3 N–H and O–H groups in total. The van der Waals surface area contributed by atoms with Gasteiger partial charge in [0.1, 0.15) is 18.2 Å². The van der Waals surface area contributed by atoms with Gasteiger partial charge in [0.15, 0.2) is 0 Å². The number of hydrogen-bond acceptors (Lipinski definition) is 13. The van der Waals surface area contributed by atoms with Gasteiger partial charge in [-0.1, -0.05) is 6.07 Å². The maximum atomic E-state index is 13.9. The molecule has 20 heteroatoms. The second-order valence-electron chi connectivity index (χ2n) is 18.9. The van der Waals surface area contributed by atoms with Gasteiger partial charge in [-0.25, -0.2) is 9.97 Å². The third kappa shape index (κ3) is 13.7. The quantitative estimate of drug-likeness (QED) is 0.115. The Bertz CT molecular complexity index is 2180. The molecule has 2 saturated carbocycles. The largest absolute Gasteiger partial charge is 0.416 e. The lowest BCUT2D eigenvalue weighted by Crippen LogP contribution is -2.58. The van der Waals surface area contributed by atoms with Crippen LogP contribution in [0, 0.1) is 5.92 Å². The molecule has 2 aliphatic carbocycles. The summed E-state index contributed by atoms with van der Waals surface area (Å²) in [5, 5.41) is 9.47. The number of alkyl halides is 3. The van der Waals surface area contributed by atoms with E-state index in [1.54, 1.807) is 24.3 Å². The summed E-state index contributed by atoms with van der Waals surface area (Å²) in [6.45, 7) is 7.20. The first-order chi connectivity index (χ1) is 33.2. The highest BCUT2D eigenvalue weighted by molar-refractivity contribution is 5.93. The van der Waals surface area contributed by atoms with E-state index in [-0.39, 0.29) is 90.7 Å². The summed E-state index contributed by atoms with van der Waals surface area (Å²) < 4.78 is 64.2. The standard InChI is InChI=1S/C49H68F3N9O8/c1-31(2)59(3)34-8-14-42(61-19-15-40(48(61)65)58-46-37-26-33(49(50,51)52)7-13-39(37)55-30-56-46)41(27-34)57-43(62)16-20-66-22-23-67-24-25-69-36-11-9-35(10-12-36)68-21-18-54-47(64)38-28-44(63)60(4)45(38)32-6-5-17-53-29-32/h5-7,13,17,26,29-31,34-36,38,40-42,45H,8-12,14-16,18-25,27-28H2,1-4H3,(H,54,64)(H,57,62)(H,55,56,58)/t34-,35-,36-,38+,40+,41-,42+,45-/m1/s1. The van der Waals surface area contributed by atoms with Crippen molar-refractivity contribution >= 4 is 40.3 Å². The van der Waals surface area contributed by atoms with Gasteiger partial charge in [-0.2, -0.15) is 13.2 Å². The summed E-state index contributed by atoms with van der Waals surface area (Å²) in [6.07, 6.45) is 6.71. The molecule has 4 amide bonds. The van der Waals surface area contributed by atoms with Crippen molar-refractivity contribution in [1.82, 2.24) is 40.3 Å². The number of carbonyl (C=O) groups excluding carboxylic acids is 4. The van der Waals surface area contributed by atoms with Crippen LogP contribution in [0.5, 0.6) is 0 Å². The number of halogens is 3. The first-order valence-electron chi connectivity index (χ1n) is 24.4. The smallest absolute Gasteiger partial charge is 0.379 e. The number of hydrogen-bond donors (Lipinski definition) is 3. The number of ether oxygens (including phenoxy) is 4. The maximum absolute atomic E-state index is 13.9. The van der Waals surface area contributed by atoms with Crippen molar-refractivity contribution in [2.24, 2.45) is 5.92 Å². The van der Waals surface area contributed by atoms with E-state index in [9.17, 15) is 32.3 Å². The third-order valence-corrected chi connectivity index (χ3v) is 14.2. The minimum absolute atomic E-state index is 0.0624. The van der Waals surface area contributed by atoms with E-state index in [4.69, 9.17) is 18.9 Å². The zero-order chi connectivity index (χ0) is 49.1. The Hall–Kier alpha value is -5.02. The van der Waals surface area contributed by atoms with Crippen molar-refractivity contribution in [3.63, 3.8) is 0 Å². The molecule has 2 aliphatic heterocycles. The van der Waals surface area contributed by atoms with Gasteiger partial charge in [0.25, 0.3) is 0 Å². The monoisotopic (exact) mass is 968 g/mol. The molecule has 3 aromatic rings. The van der Waals surface area contributed by atoms with Crippen molar-refractivity contribution in [2.75, 3.05) is 72.1 Å². The average molecular weight is 968 g/mol. The number of rotatable bonds is 22. The molecule has 4 aliphatic rings. The van der Waals surface area contributed by atoms with Crippen LogP contribution in [-0.2, 0) is 44.3 Å². The van der Waals surface area contributed by atoms with Gasteiger partial charge in [-0.3, -0.25) is 24.2 Å². The molecule has 7 rings (SSSR count). The molecule has 1 aromatic carbocycles. The lowest BCUT2D eigenvalue weighted by molar-refractivity contribution is -0.137. The topological polar surface area (TPSA) is 190 Å². The molecule has 6 atom stereocenters. The highest BCUT2D eigenvalue weighted by Crippen LogP contribution is 2.37. The van der Waals surface area contributed by atoms with E-state index in [0.29, 0.717) is 76.9 Å². The lowest BCUT2D eigenvalue weighted by atomic mass is 9.84. The second-order valence-corrected chi connectivity index (χ2v) is 18.9. The highest BCUT2D eigenvalue weighted by atomic mass is 19.4. The van der Waals surface area contributed by atoms with Crippen LogP contribution in [0.4, 0.5) is 19.0 Å². The fourth-order valence-corrected chi connectivity index (χ4v) is 10.2. The van der Waals surface area contributed by atoms with Gasteiger partial charge in [0, 0.05) is 62.8 Å². The minimum Gasteiger partial charge on any atom is -0.379 e.